The van der Waals surface area contributed by atoms with E-state index in [4.69, 9.17) is 15.1 Å². The minimum Gasteiger partial charge on any atom is -0.341 e. The van der Waals surface area contributed by atoms with Crippen molar-refractivity contribution in [3.8, 4) is 22.6 Å². The Morgan fingerprint density at radius 1 is 0.811 bits per heavy atom. The number of benzene rings is 2. The molecule has 0 N–H and O–H groups in total. The molecule has 7 heteroatoms. The number of rotatable bonds is 7. The molecule has 3 atom stereocenters. The van der Waals surface area contributed by atoms with Crippen molar-refractivity contribution >= 4 is 33.0 Å². The zero-order chi connectivity index (χ0) is 37.1. The Morgan fingerprint density at radius 2 is 1.62 bits per heavy atom. The van der Waals surface area contributed by atoms with E-state index in [1.807, 2.05) is 12.3 Å². The van der Waals surface area contributed by atoms with E-state index in [1.54, 1.807) is 0 Å². The van der Waals surface area contributed by atoms with Gasteiger partial charge in [-0.2, -0.15) is 9.67 Å². The molecule has 0 saturated carbocycles. The number of nitrogens with zero attached hydrogens (tertiary/aromatic N) is 7. The molecule has 0 bridgehead atoms. The second-order valence-corrected chi connectivity index (χ2v) is 16.9. The molecule has 0 spiro atoms. The Kier molecular flexibility index (Phi) is 7.38. The molecule has 0 radical (unpaired) electrons. The fourth-order valence-electron chi connectivity index (χ4n) is 10.6. The Bertz CT molecular complexity index is 2600. The highest BCUT2D eigenvalue weighted by molar-refractivity contribution is 6.10. The highest BCUT2D eigenvalue weighted by Gasteiger charge is 2.75. The smallest absolute Gasteiger partial charge is 0.341 e. The van der Waals surface area contributed by atoms with Gasteiger partial charge in [-0.05, 0) is 93.0 Å². The number of fused-ring (bicyclic) bond motifs is 11. The van der Waals surface area contributed by atoms with Crippen LogP contribution in [0.1, 0.15) is 105 Å². The summed E-state index contributed by atoms with van der Waals surface area (Å²) < 4.78 is 10.1. The van der Waals surface area contributed by atoms with Crippen LogP contribution in [0, 0.1) is 0 Å². The molecule has 53 heavy (non-hydrogen) atoms. The zero-order valence-corrected chi connectivity index (χ0v) is 33.0. The highest BCUT2D eigenvalue weighted by Crippen LogP contribution is 2.58. The van der Waals surface area contributed by atoms with E-state index in [0.29, 0.717) is 0 Å². The van der Waals surface area contributed by atoms with Gasteiger partial charge in [0.05, 0.1) is 11.9 Å². The van der Waals surface area contributed by atoms with Gasteiger partial charge in [0.1, 0.15) is 17.4 Å². The third kappa shape index (κ3) is 4.19. The fourth-order valence-corrected chi connectivity index (χ4v) is 10.6. The number of aryl methyl sites for hydroxylation is 2. The third-order valence-electron chi connectivity index (χ3n) is 13.4. The van der Waals surface area contributed by atoms with Crippen LogP contribution in [-0.2, 0) is 35.0 Å². The number of pyridine rings is 2. The van der Waals surface area contributed by atoms with Gasteiger partial charge in [0.2, 0.25) is 16.8 Å². The van der Waals surface area contributed by atoms with Crippen molar-refractivity contribution in [1.29, 1.82) is 0 Å². The third-order valence-corrected chi connectivity index (χ3v) is 13.4. The summed E-state index contributed by atoms with van der Waals surface area (Å²) in [4.78, 5) is 10.2. The minimum absolute atomic E-state index is 0.0972. The Morgan fingerprint density at radius 3 is 2.36 bits per heavy atom. The van der Waals surface area contributed by atoms with E-state index in [9.17, 15) is 0 Å². The van der Waals surface area contributed by atoms with E-state index in [0.717, 1.165) is 48.4 Å². The monoisotopic (exact) mass is 703 g/mol. The summed E-state index contributed by atoms with van der Waals surface area (Å²) in [5.41, 5.74) is 11.3. The van der Waals surface area contributed by atoms with Crippen LogP contribution in [0.3, 0.4) is 0 Å². The molecule has 270 valence electrons. The number of aromatic nitrogens is 7. The lowest BCUT2D eigenvalue weighted by molar-refractivity contribution is -0.862. The Hall–Kier alpha value is -4.91. The fraction of sp³-hybridized carbons (Fsp3) is 0.413. The van der Waals surface area contributed by atoms with Gasteiger partial charge in [0, 0.05) is 63.4 Å². The molecular weight excluding hydrogens is 651 g/mol. The van der Waals surface area contributed by atoms with Crippen LogP contribution in [-0.4, -0.2) is 24.3 Å². The van der Waals surface area contributed by atoms with Crippen LogP contribution in [0.5, 0.6) is 0 Å². The molecule has 5 aromatic heterocycles. The Labute approximate surface area is 313 Å². The van der Waals surface area contributed by atoms with E-state index in [1.165, 1.54) is 62.7 Å². The predicted molar refractivity (Wildman–Crippen MR) is 214 cm³/mol. The summed E-state index contributed by atoms with van der Waals surface area (Å²) in [7, 11) is 0. The summed E-state index contributed by atoms with van der Waals surface area (Å²) in [5, 5.41) is 8.19. The van der Waals surface area contributed by atoms with E-state index in [2.05, 4.69) is 154 Å². The van der Waals surface area contributed by atoms with Crippen molar-refractivity contribution in [2.24, 2.45) is 0 Å². The average Bonchev–Trinajstić information content (AvgIpc) is 3.84. The first-order valence-electron chi connectivity index (χ1n) is 19.9. The van der Waals surface area contributed by atoms with E-state index in [-0.39, 0.29) is 5.41 Å². The molecule has 2 aliphatic rings. The normalized spacial score (nSPS) is 22.0. The van der Waals surface area contributed by atoms with Gasteiger partial charge < -0.3 is 4.57 Å². The first kappa shape index (κ1) is 33.9. The van der Waals surface area contributed by atoms with Gasteiger partial charge in [0.25, 0.3) is 0 Å². The van der Waals surface area contributed by atoms with Gasteiger partial charge in [-0.1, -0.05) is 60.1 Å². The van der Waals surface area contributed by atoms with Gasteiger partial charge in [-0.15, -0.1) is 0 Å². The lowest BCUT2D eigenvalue weighted by Crippen LogP contribution is -2.84. The first-order valence-corrected chi connectivity index (χ1v) is 19.9. The van der Waals surface area contributed by atoms with Crippen molar-refractivity contribution in [3.63, 3.8) is 0 Å². The topological polar surface area (TPSA) is 56.3 Å². The molecule has 7 nitrogen and oxygen atoms in total. The van der Waals surface area contributed by atoms with Crippen LogP contribution in [0.2, 0.25) is 0 Å². The maximum Gasteiger partial charge on any atom is 0.350 e. The van der Waals surface area contributed by atoms with Crippen LogP contribution in [0.25, 0.3) is 55.6 Å². The lowest BCUT2D eigenvalue weighted by atomic mass is 9.59. The molecule has 0 amide bonds. The van der Waals surface area contributed by atoms with Gasteiger partial charge >= 0.3 is 5.65 Å². The summed E-state index contributed by atoms with van der Waals surface area (Å²) in [6.07, 6.45) is 11.6. The van der Waals surface area contributed by atoms with E-state index < -0.39 is 16.6 Å². The van der Waals surface area contributed by atoms with Crippen molar-refractivity contribution in [2.45, 2.75) is 123 Å². The quantitative estimate of drug-likeness (QED) is 0.156. The van der Waals surface area contributed by atoms with Crippen LogP contribution in [0.15, 0.2) is 85.3 Å². The minimum atomic E-state index is -0.616. The van der Waals surface area contributed by atoms with Crippen molar-refractivity contribution in [1.82, 2.24) is 24.3 Å². The molecule has 2 aromatic carbocycles. The van der Waals surface area contributed by atoms with Gasteiger partial charge in [0.15, 0.2) is 17.4 Å². The molecule has 7 heterocycles. The van der Waals surface area contributed by atoms with Crippen LogP contribution in [0.4, 0.5) is 0 Å². The lowest BCUT2D eigenvalue weighted by Gasteiger charge is -2.53. The molecular formula is C46H53N7+2. The van der Waals surface area contributed by atoms with Crippen molar-refractivity contribution in [3.05, 3.63) is 102 Å². The SMILES string of the molecule is CCCCc1ccc2c3cc4c(cc3n(CC)c2c1)-c1cnc2cccnc2[n+]1C4(C)C1(CC)[n+]2ccccc2-c2cc(C(C)(C)C)nn2C1(C)CC. The second-order valence-electron chi connectivity index (χ2n) is 16.9. The van der Waals surface area contributed by atoms with Gasteiger partial charge in [-0.3, -0.25) is 0 Å². The zero-order valence-electron chi connectivity index (χ0n) is 33.0. The maximum absolute atomic E-state index is 5.56. The van der Waals surface area contributed by atoms with Gasteiger partial charge in [-0.25, -0.2) is 14.2 Å². The second kappa shape index (κ2) is 11.5. The molecule has 0 saturated heterocycles. The molecule has 7 aromatic rings. The Balaban J connectivity index is 1.44. The number of unbranched alkanes of at least 4 members (excludes halogenated alkanes) is 1. The number of hydrogen-bond acceptors (Lipinski definition) is 3. The summed E-state index contributed by atoms with van der Waals surface area (Å²) >= 11 is 0. The van der Waals surface area contributed by atoms with Crippen LogP contribution >= 0.6 is 0 Å². The molecule has 3 unspecified atom stereocenters. The molecule has 0 aliphatic carbocycles. The average molecular weight is 704 g/mol. The largest absolute Gasteiger partial charge is 0.350 e. The summed E-state index contributed by atoms with van der Waals surface area (Å²) in [6.45, 7) is 22.0. The molecule has 2 aliphatic heterocycles. The maximum atomic E-state index is 5.56. The van der Waals surface area contributed by atoms with Crippen LogP contribution < -0.4 is 9.13 Å². The highest BCUT2D eigenvalue weighted by atomic mass is 15.4. The van der Waals surface area contributed by atoms with Crippen molar-refractivity contribution < 1.29 is 9.13 Å². The standard InChI is InChI=1S/C46H53N7/c1-10-14-18-30-21-22-31-32-26-34-33(27-38(32)50(13-4)37(31)25-30)40-29-48-35-19-17-23-47-42(35)52(40)45(34,9)46(12-3)44(8,11-2)53-39(28-41(49-53)43(5,6)7)36-20-15-16-24-51(36)46/h15-17,19-29H,10-14,18H2,1-9H3/q+2. The van der Waals surface area contributed by atoms with Crippen molar-refractivity contribution in [2.75, 3.05) is 0 Å². The number of hydrogen-bond donors (Lipinski definition) is 0. The molecule has 0 fully saturated rings. The predicted octanol–water partition coefficient (Wildman–Crippen LogP) is 9.52. The molecule has 9 rings (SSSR count). The summed E-state index contributed by atoms with van der Waals surface area (Å²) in [5.74, 6) is 0. The van der Waals surface area contributed by atoms with E-state index >= 15 is 0 Å². The first-order chi connectivity index (χ1) is 25.5. The summed E-state index contributed by atoms with van der Waals surface area (Å²) in [6, 6.07) is 25.3.